The normalized spacial score (nSPS) is 27.2. The van der Waals surface area contributed by atoms with Gasteiger partial charge in [-0.15, -0.1) is 0 Å². The molecule has 1 aliphatic carbocycles. The first-order valence-electron chi connectivity index (χ1n) is 7.41. The average molecular weight is 240 g/mol. The van der Waals surface area contributed by atoms with Crippen molar-refractivity contribution >= 4 is 0 Å². The Bertz CT molecular complexity index is 206. The molecule has 0 aromatic rings. The Kier molecular flexibility index (Phi) is 5.26. The van der Waals surface area contributed by atoms with Crippen LogP contribution in [0.25, 0.3) is 0 Å². The van der Waals surface area contributed by atoms with Gasteiger partial charge in [-0.3, -0.25) is 0 Å². The highest BCUT2D eigenvalue weighted by Crippen LogP contribution is 2.25. The van der Waals surface area contributed by atoms with Crippen molar-refractivity contribution in [2.45, 2.75) is 70.1 Å². The van der Waals surface area contributed by atoms with Gasteiger partial charge in [0.15, 0.2) is 0 Å². The zero-order chi connectivity index (χ0) is 12.1. The molecule has 3 heteroatoms. The van der Waals surface area contributed by atoms with Crippen LogP contribution in [0.15, 0.2) is 0 Å². The third kappa shape index (κ3) is 4.23. The van der Waals surface area contributed by atoms with Crippen LogP contribution in [0.3, 0.4) is 0 Å². The van der Waals surface area contributed by atoms with Crippen LogP contribution in [0.1, 0.15) is 51.9 Å². The summed E-state index contributed by atoms with van der Waals surface area (Å²) in [5, 5.41) is 12.7. The standard InChI is InChI=1S/C14H28N2O/c1-12(17)11-15-13-7-9-16(10-8-13)14-5-3-2-4-6-14/h12-15,17H,2-11H2,1H3. The minimum atomic E-state index is -0.216. The number of hydrogen-bond donors (Lipinski definition) is 2. The maximum Gasteiger partial charge on any atom is 0.0636 e. The van der Waals surface area contributed by atoms with Gasteiger partial charge < -0.3 is 15.3 Å². The van der Waals surface area contributed by atoms with Crippen molar-refractivity contribution in [2.75, 3.05) is 19.6 Å². The Morgan fingerprint density at radius 2 is 1.76 bits per heavy atom. The second-order valence-electron chi connectivity index (χ2n) is 5.86. The predicted molar refractivity (Wildman–Crippen MR) is 71.2 cm³/mol. The van der Waals surface area contributed by atoms with Crippen LogP contribution in [0.4, 0.5) is 0 Å². The summed E-state index contributed by atoms with van der Waals surface area (Å²) in [6, 6.07) is 1.51. The smallest absolute Gasteiger partial charge is 0.0636 e. The number of piperidine rings is 1. The van der Waals surface area contributed by atoms with Gasteiger partial charge in [0.05, 0.1) is 6.10 Å². The van der Waals surface area contributed by atoms with Crippen LogP contribution >= 0.6 is 0 Å². The van der Waals surface area contributed by atoms with Crippen molar-refractivity contribution in [1.82, 2.24) is 10.2 Å². The zero-order valence-corrected chi connectivity index (χ0v) is 11.2. The first-order chi connectivity index (χ1) is 8.25. The van der Waals surface area contributed by atoms with Crippen LogP contribution in [0.5, 0.6) is 0 Å². The van der Waals surface area contributed by atoms with Gasteiger partial charge >= 0.3 is 0 Å². The van der Waals surface area contributed by atoms with Gasteiger partial charge in [0.1, 0.15) is 0 Å². The van der Waals surface area contributed by atoms with Gasteiger partial charge in [-0.05, 0) is 45.7 Å². The van der Waals surface area contributed by atoms with E-state index in [1.54, 1.807) is 0 Å². The molecule has 1 aliphatic heterocycles. The van der Waals surface area contributed by atoms with Crippen molar-refractivity contribution < 1.29 is 5.11 Å². The highest BCUT2D eigenvalue weighted by Gasteiger charge is 2.25. The lowest BCUT2D eigenvalue weighted by Crippen LogP contribution is -2.48. The molecular weight excluding hydrogens is 212 g/mol. The van der Waals surface area contributed by atoms with Crippen LogP contribution in [-0.4, -0.2) is 47.8 Å². The summed E-state index contributed by atoms with van der Waals surface area (Å²) in [5.74, 6) is 0. The number of rotatable bonds is 4. The van der Waals surface area contributed by atoms with E-state index in [9.17, 15) is 5.11 Å². The van der Waals surface area contributed by atoms with E-state index < -0.39 is 0 Å². The van der Waals surface area contributed by atoms with Crippen LogP contribution in [0, 0.1) is 0 Å². The number of nitrogens with one attached hydrogen (secondary N) is 1. The molecule has 0 amide bonds. The Morgan fingerprint density at radius 3 is 2.35 bits per heavy atom. The first-order valence-corrected chi connectivity index (χ1v) is 7.41. The van der Waals surface area contributed by atoms with Crippen LogP contribution in [-0.2, 0) is 0 Å². The molecule has 3 nitrogen and oxygen atoms in total. The SMILES string of the molecule is CC(O)CNC1CCN(C2CCCCC2)CC1. The van der Waals surface area contributed by atoms with Gasteiger partial charge in [0.25, 0.3) is 0 Å². The molecule has 1 unspecified atom stereocenters. The van der Waals surface area contributed by atoms with E-state index in [1.165, 1.54) is 58.0 Å². The molecular formula is C14H28N2O. The summed E-state index contributed by atoms with van der Waals surface area (Å²) in [6.45, 7) is 5.10. The van der Waals surface area contributed by atoms with Crippen LogP contribution in [0.2, 0.25) is 0 Å². The Balaban J connectivity index is 1.66. The van der Waals surface area contributed by atoms with Gasteiger partial charge in [-0.1, -0.05) is 19.3 Å². The van der Waals surface area contributed by atoms with Crippen molar-refractivity contribution in [3.8, 4) is 0 Å². The van der Waals surface area contributed by atoms with Gasteiger partial charge in [0, 0.05) is 18.6 Å². The molecule has 100 valence electrons. The first kappa shape index (κ1) is 13.3. The molecule has 0 bridgehead atoms. The van der Waals surface area contributed by atoms with Crippen molar-refractivity contribution in [1.29, 1.82) is 0 Å². The van der Waals surface area contributed by atoms with E-state index in [-0.39, 0.29) is 6.10 Å². The lowest BCUT2D eigenvalue weighted by Gasteiger charge is -2.39. The molecule has 1 saturated heterocycles. The molecule has 1 heterocycles. The summed E-state index contributed by atoms with van der Waals surface area (Å²) in [6.07, 6.45) is 9.45. The van der Waals surface area contributed by atoms with Crippen molar-refractivity contribution in [2.24, 2.45) is 0 Å². The summed E-state index contributed by atoms with van der Waals surface area (Å²) in [5.41, 5.74) is 0. The van der Waals surface area contributed by atoms with Crippen LogP contribution < -0.4 is 5.32 Å². The quantitative estimate of drug-likeness (QED) is 0.786. The third-order valence-corrected chi connectivity index (χ3v) is 4.32. The molecule has 17 heavy (non-hydrogen) atoms. The second kappa shape index (κ2) is 6.72. The summed E-state index contributed by atoms with van der Waals surface area (Å²) < 4.78 is 0. The third-order valence-electron chi connectivity index (χ3n) is 4.32. The Morgan fingerprint density at radius 1 is 1.12 bits per heavy atom. The molecule has 2 N–H and O–H groups in total. The number of nitrogens with zero attached hydrogens (tertiary/aromatic N) is 1. The molecule has 0 spiro atoms. The van der Waals surface area contributed by atoms with E-state index in [0.29, 0.717) is 6.04 Å². The molecule has 1 atom stereocenters. The van der Waals surface area contributed by atoms with E-state index in [0.717, 1.165) is 12.6 Å². The lowest BCUT2D eigenvalue weighted by atomic mass is 9.92. The molecule has 0 aromatic heterocycles. The highest BCUT2D eigenvalue weighted by molar-refractivity contribution is 4.83. The fraction of sp³-hybridized carbons (Fsp3) is 1.00. The van der Waals surface area contributed by atoms with E-state index >= 15 is 0 Å². The maximum absolute atomic E-state index is 9.27. The summed E-state index contributed by atoms with van der Waals surface area (Å²) >= 11 is 0. The summed E-state index contributed by atoms with van der Waals surface area (Å²) in [4.78, 5) is 2.71. The largest absolute Gasteiger partial charge is 0.392 e. The predicted octanol–water partition coefficient (Wildman–Crippen LogP) is 1.75. The number of aliphatic hydroxyl groups excluding tert-OH is 1. The fourth-order valence-corrected chi connectivity index (χ4v) is 3.25. The number of hydrogen-bond acceptors (Lipinski definition) is 3. The highest BCUT2D eigenvalue weighted by atomic mass is 16.3. The molecule has 2 rings (SSSR count). The lowest BCUT2D eigenvalue weighted by molar-refractivity contribution is 0.110. The topological polar surface area (TPSA) is 35.5 Å². The number of aliphatic hydroxyl groups is 1. The van der Waals surface area contributed by atoms with E-state index in [2.05, 4.69) is 10.2 Å². The molecule has 0 aromatic carbocycles. The van der Waals surface area contributed by atoms with Crippen molar-refractivity contribution in [3.05, 3.63) is 0 Å². The zero-order valence-electron chi connectivity index (χ0n) is 11.2. The van der Waals surface area contributed by atoms with Crippen molar-refractivity contribution in [3.63, 3.8) is 0 Å². The van der Waals surface area contributed by atoms with E-state index in [1.807, 2.05) is 6.92 Å². The minimum Gasteiger partial charge on any atom is -0.392 e. The summed E-state index contributed by atoms with van der Waals surface area (Å²) in [7, 11) is 0. The Labute approximate surface area is 106 Å². The van der Waals surface area contributed by atoms with Gasteiger partial charge in [-0.2, -0.15) is 0 Å². The molecule has 0 radical (unpaired) electrons. The number of likely N-dealkylation sites (tertiary alicyclic amines) is 1. The molecule has 2 aliphatic rings. The second-order valence-corrected chi connectivity index (χ2v) is 5.86. The van der Waals surface area contributed by atoms with Gasteiger partial charge in [0.2, 0.25) is 0 Å². The maximum atomic E-state index is 9.27. The molecule has 2 fully saturated rings. The minimum absolute atomic E-state index is 0.216. The Hall–Kier alpha value is -0.120. The average Bonchev–Trinajstić information content (AvgIpc) is 2.38. The molecule has 1 saturated carbocycles. The van der Waals surface area contributed by atoms with Gasteiger partial charge in [-0.25, -0.2) is 0 Å². The van der Waals surface area contributed by atoms with E-state index in [4.69, 9.17) is 0 Å². The fourth-order valence-electron chi connectivity index (χ4n) is 3.25. The monoisotopic (exact) mass is 240 g/mol.